The van der Waals surface area contributed by atoms with Crippen LogP contribution in [0.3, 0.4) is 0 Å². The lowest BCUT2D eigenvalue weighted by Gasteiger charge is -2.29. The monoisotopic (exact) mass is 314 g/mol. The Balaban J connectivity index is 1.76. The van der Waals surface area contributed by atoms with Gasteiger partial charge in [0.15, 0.2) is 0 Å². The first-order valence-corrected chi connectivity index (χ1v) is 8.18. The SMILES string of the molecule is Cc1cccc(CN(C(=O)C(C)N2C(=O)CCC2=O)C2CC2)c1. The zero-order valence-electron chi connectivity index (χ0n) is 13.6. The van der Waals surface area contributed by atoms with Crippen molar-refractivity contribution in [3.05, 3.63) is 35.4 Å². The van der Waals surface area contributed by atoms with Gasteiger partial charge in [0, 0.05) is 25.4 Å². The van der Waals surface area contributed by atoms with Gasteiger partial charge in [-0.15, -0.1) is 0 Å². The molecule has 2 fully saturated rings. The molecule has 0 bridgehead atoms. The van der Waals surface area contributed by atoms with Crippen molar-refractivity contribution in [2.24, 2.45) is 0 Å². The Hall–Kier alpha value is -2.17. The molecular formula is C18H22N2O3. The molecule has 0 spiro atoms. The molecule has 1 atom stereocenters. The second-order valence-corrected chi connectivity index (χ2v) is 6.52. The second kappa shape index (κ2) is 6.14. The Morgan fingerprint density at radius 1 is 1.26 bits per heavy atom. The van der Waals surface area contributed by atoms with Gasteiger partial charge < -0.3 is 4.90 Å². The van der Waals surface area contributed by atoms with Crippen molar-refractivity contribution >= 4 is 17.7 Å². The van der Waals surface area contributed by atoms with Crippen LogP contribution in [0.25, 0.3) is 0 Å². The van der Waals surface area contributed by atoms with Crippen LogP contribution < -0.4 is 0 Å². The molecule has 0 aromatic heterocycles. The number of rotatable bonds is 5. The predicted octanol–water partition coefficient (Wildman–Crippen LogP) is 2.02. The molecular weight excluding hydrogens is 292 g/mol. The predicted molar refractivity (Wildman–Crippen MR) is 85.3 cm³/mol. The van der Waals surface area contributed by atoms with Gasteiger partial charge in [-0.2, -0.15) is 0 Å². The minimum absolute atomic E-state index is 0.127. The van der Waals surface area contributed by atoms with Gasteiger partial charge in [0.1, 0.15) is 6.04 Å². The molecule has 1 aliphatic carbocycles. The zero-order chi connectivity index (χ0) is 16.6. The number of amides is 3. The van der Waals surface area contributed by atoms with E-state index in [4.69, 9.17) is 0 Å². The number of hydrogen-bond donors (Lipinski definition) is 0. The highest BCUT2D eigenvalue weighted by Gasteiger charge is 2.41. The third-order valence-corrected chi connectivity index (χ3v) is 4.54. The number of imide groups is 1. The summed E-state index contributed by atoms with van der Waals surface area (Å²) in [5.41, 5.74) is 2.24. The van der Waals surface area contributed by atoms with Gasteiger partial charge in [0.25, 0.3) is 0 Å². The van der Waals surface area contributed by atoms with Gasteiger partial charge in [0.2, 0.25) is 17.7 Å². The summed E-state index contributed by atoms with van der Waals surface area (Å²) in [4.78, 5) is 39.6. The topological polar surface area (TPSA) is 57.7 Å². The molecule has 0 radical (unpaired) electrons. The highest BCUT2D eigenvalue weighted by molar-refractivity contribution is 6.05. The minimum Gasteiger partial charge on any atom is -0.334 e. The van der Waals surface area contributed by atoms with Crippen molar-refractivity contribution in [2.75, 3.05) is 0 Å². The largest absolute Gasteiger partial charge is 0.334 e. The molecule has 3 rings (SSSR count). The summed E-state index contributed by atoms with van der Waals surface area (Å²) < 4.78 is 0. The summed E-state index contributed by atoms with van der Waals surface area (Å²) in [6.07, 6.45) is 2.42. The van der Waals surface area contributed by atoms with Crippen LogP contribution in [0.15, 0.2) is 24.3 Å². The lowest BCUT2D eigenvalue weighted by Crippen LogP contribution is -2.49. The second-order valence-electron chi connectivity index (χ2n) is 6.52. The standard InChI is InChI=1S/C18H22N2O3/c1-12-4-3-5-14(10-12)11-19(15-6-7-15)18(23)13(2)20-16(21)8-9-17(20)22/h3-5,10,13,15H,6-9,11H2,1-2H3. The fourth-order valence-corrected chi connectivity index (χ4v) is 3.16. The highest BCUT2D eigenvalue weighted by atomic mass is 16.2. The maximum atomic E-state index is 12.9. The fraction of sp³-hybridized carbons (Fsp3) is 0.500. The Labute approximate surface area is 136 Å². The Bertz CT molecular complexity index is 635. The van der Waals surface area contributed by atoms with Gasteiger partial charge in [-0.3, -0.25) is 19.3 Å². The van der Waals surface area contributed by atoms with Gasteiger partial charge in [-0.1, -0.05) is 29.8 Å². The third-order valence-electron chi connectivity index (χ3n) is 4.54. The van der Waals surface area contributed by atoms with Crippen molar-refractivity contribution in [3.63, 3.8) is 0 Å². The van der Waals surface area contributed by atoms with E-state index in [1.54, 1.807) is 6.92 Å². The highest BCUT2D eigenvalue weighted by Crippen LogP contribution is 2.30. The number of likely N-dealkylation sites (tertiary alicyclic amines) is 1. The van der Waals surface area contributed by atoms with Crippen LogP contribution in [-0.4, -0.2) is 39.6 Å². The summed E-state index contributed by atoms with van der Waals surface area (Å²) in [5.74, 6) is -0.595. The third kappa shape index (κ3) is 3.28. The average Bonchev–Trinajstić information content (AvgIpc) is 3.29. The summed E-state index contributed by atoms with van der Waals surface area (Å²) >= 11 is 0. The Morgan fingerprint density at radius 2 is 1.91 bits per heavy atom. The van der Waals surface area contributed by atoms with Crippen molar-refractivity contribution in [2.45, 2.75) is 58.2 Å². The molecule has 1 unspecified atom stereocenters. The number of aryl methyl sites for hydroxylation is 1. The summed E-state index contributed by atoms with van der Waals surface area (Å²) in [6, 6.07) is 7.61. The van der Waals surface area contributed by atoms with E-state index in [1.165, 1.54) is 0 Å². The van der Waals surface area contributed by atoms with Crippen LogP contribution in [0, 0.1) is 6.92 Å². The van der Waals surface area contributed by atoms with Crippen LogP contribution in [0.4, 0.5) is 0 Å². The van der Waals surface area contributed by atoms with Crippen LogP contribution >= 0.6 is 0 Å². The van der Waals surface area contributed by atoms with Gasteiger partial charge >= 0.3 is 0 Å². The summed E-state index contributed by atoms with van der Waals surface area (Å²) in [6.45, 7) is 4.22. The van der Waals surface area contributed by atoms with E-state index in [0.717, 1.165) is 28.9 Å². The number of carbonyl (C=O) groups is 3. The molecule has 5 nitrogen and oxygen atoms in total. The van der Waals surface area contributed by atoms with Crippen molar-refractivity contribution in [1.29, 1.82) is 0 Å². The normalized spacial score (nSPS) is 19.1. The van der Waals surface area contributed by atoms with Crippen LogP contribution in [0.1, 0.15) is 43.7 Å². The molecule has 5 heteroatoms. The van der Waals surface area contributed by atoms with E-state index in [1.807, 2.05) is 30.0 Å². The fourth-order valence-electron chi connectivity index (χ4n) is 3.16. The van der Waals surface area contributed by atoms with Crippen LogP contribution in [0.2, 0.25) is 0 Å². The number of carbonyl (C=O) groups excluding carboxylic acids is 3. The Morgan fingerprint density at radius 3 is 2.48 bits per heavy atom. The van der Waals surface area contributed by atoms with E-state index >= 15 is 0 Å². The van der Waals surface area contributed by atoms with Gasteiger partial charge in [-0.05, 0) is 32.3 Å². The maximum absolute atomic E-state index is 12.9. The van der Waals surface area contributed by atoms with Crippen LogP contribution in [0.5, 0.6) is 0 Å². The Kier molecular flexibility index (Phi) is 4.20. The molecule has 1 saturated carbocycles. The average molecular weight is 314 g/mol. The molecule has 122 valence electrons. The maximum Gasteiger partial charge on any atom is 0.246 e. The molecule has 2 aliphatic rings. The molecule has 1 saturated heterocycles. The van der Waals surface area contributed by atoms with Crippen molar-refractivity contribution < 1.29 is 14.4 Å². The molecule has 23 heavy (non-hydrogen) atoms. The molecule has 1 aromatic carbocycles. The lowest BCUT2D eigenvalue weighted by atomic mass is 10.1. The van der Waals surface area contributed by atoms with E-state index in [2.05, 4.69) is 6.07 Å². The van der Waals surface area contributed by atoms with Crippen molar-refractivity contribution in [1.82, 2.24) is 9.80 Å². The van der Waals surface area contributed by atoms with Crippen molar-refractivity contribution in [3.8, 4) is 0 Å². The lowest BCUT2D eigenvalue weighted by molar-refractivity contribution is -0.150. The van der Waals surface area contributed by atoms with E-state index < -0.39 is 6.04 Å². The van der Waals surface area contributed by atoms with Gasteiger partial charge in [-0.25, -0.2) is 0 Å². The summed E-state index contributed by atoms with van der Waals surface area (Å²) in [7, 11) is 0. The van der Waals surface area contributed by atoms with E-state index in [9.17, 15) is 14.4 Å². The molecule has 1 aliphatic heterocycles. The van der Waals surface area contributed by atoms with Crippen LogP contribution in [-0.2, 0) is 20.9 Å². The smallest absolute Gasteiger partial charge is 0.246 e. The zero-order valence-corrected chi connectivity index (χ0v) is 13.6. The summed E-state index contributed by atoms with van der Waals surface area (Å²) in [5, 5.41) is 0. The minimum atomic E-state index is -0.706. The molecule has 3 amide bonds. The first-order chi connectivity index (χ1) is 11.0. The quantitative estimate of drug-likeness (QED) is 0.781. The van der Waals surface area contributed by atoms with Gasteiger partial charge in [0.05, 0.1) is 0 Å². The number of hydrogen-bond acceptors (Lipinski definition) is 3. The molecule has 1 heterocycles. The van der Waals surface area contributed by atoms with E-state index in [-0.39, 0.29) is 36.6 Å². The number of nitrogens with zero attached hydrogens (tertiary/aromatic N) is 2. The van der Waals surface area contributed by atoms with E-state index in [0.29, 0.717) is 6.54 Å². The first-order valence-electron chi connectivity index (χ1n) is 8.18. The molecule has 0 N–H and O–H groups in total. The molecule has 1 aromatic rings. The number of benzene rings is 1. The first kappa shape index (κ1) is 15.7.